The number of halogens is 3. The molecule has 0 atom stereocenters. The van der Waals surface area contributed by atoms with Gasteiger partial charge in [0.2, 0.25) is 5.91 Å². The van der Waals surface area contributed by atoms with Crippen LogP contribution in [-0.4, -0.2) is 63.3 Å². The fraction of sp³-hybridized carbons (Fsp3) is 0.522. The first-order chi connectivity index (χ1) is 16.3. The molecule has 1 fully saturated rings. The van der Waals surface area contributed by atoms with Crippen molar-refractivity contribution in [2.45, 2.75) is 62.6 Å². The SMILES string of the molecule is CC(=O)NCC#Cc1nn2c(NC3CCN(C(=O)OC(C)(C)C)CC3)cccc2c1SC(F)(F)F. The van der Waals surface area contributed by atoms with Crippen molar-refractivity contribution < 1.29 is 27.5 Å². The van der Waals surface area contributed by atoms with Gasteiger partial charge in [0.05, 0.1) is 17.0 Å². The van der Waals surface area contributed by atoms with E-state index in [1.54, 1.807) is 23.1 Å². The first-order valence-corrected chi connectivity index (χ1v) is 11.9. The molecule has 3 rings (SSSR count). The van der Waals surface area contributed by atoms with Gasteiger partial charge in [-0.15, -0.1) is 0 Å². The standard InChI is InChI=1S/C23H28F3N5O3S/c1-15(32)27-12-6-7-17-20(35-23(24,25)26)18-8-5-9-19(31(18)29-17)28-16-10-13-30(14-11-16)21(33)34-22(2,3)4/h5,8-9,16,28H,10-14H2,1-4H3,(H,27,32). The molecule has 3 heterocycles. The lowest BCUT2D eigenvalue weighted by molar-refractivity contribution is -0.118. The molecule has 8 nitrogen and oxygen atoms in total. The van der Waals surface area contributed by atoms with Crippen LogP contribution in [-0.2, 0) is 9.53 Å². The first-order valence-electron chi connectivity index (χ1n) is 11.1. The maximum absolute atomic E-state index is 13.3. The number of ether oxygens (including phenoxy) is 1. The normalized spacial score (nSPS) is 14.9. The van der Waals surface area contributed by atoms with Crippen LogP contribution >= 0.6 is 11.8 Å². The number of pyridine rings is 1. The Balaban J connectivity index is 1.79. The zero-order valence-electron chi connectivity index (χ0n) is 20.0. The molecule has 0 aromatic carbocycles. The van der Waals surface area contributed by atoms with E-state index in [0.717, 1.165) is 0 Å². The summed E-state index contributed by atoms with van der Waals surface area (Å²) in [7, 11) is 0. The van der Waals surface area contributed by atoms with Gasteiger partial charge in [-0.2, -0.15) is 18.3 Å². The van der Waals surface area contributed by atoms with Crippen molar-refractivity contribution in [3.8, 4) is 11.8 Å². The third-order valence-corrected chi connectivity index (χ3v) is 5.80. The number of piperidine rings is 1. The number of fused-ring (bicyclic) bond motifs is 1. The van der Waals surface area contributed by atoms with Gasteiger partial charge in [0.1, 0.15) is 17.1 Å². The van der Waals surface area contributed by atoms with Gasteiger partial charge in [-0.25, -0.2) is 9.31 Å². The van der Waals surface area contributed by atoms with Gasteiger partial charge < -0.3 is 20.3 Å². The molecule has 0 radical (unpaired) electrons. The van der Waals surface area contributed by atoms with E-state index >= 15 is 0 Å². The predicted octanol–water partition coefficient (Wildman–Crippen LogP) is 4.25. The molecule has 2 aromatic heterocycles. The van der Waals surface area contributed by atoms with Gasteiger partial charge in [-0.3, -0.25) is 4.79 Å². The van der Waals surface area contributed by atoms with E-state index in [1.807, 2.05) is 20.8 Å². The Bertz CT molecular complexity index is 1140. The Kier molecular flexibility index (Phi) is 8.10. The third-order valence-electron chi connectivity index (χ3n) is 4.96. The average Bonchev–Trinajstić information content (AvgIpc) is 3.07. The van der Waals surface area contributed by atoms with Gasteiger partial charge in [0.15, 0.2) is 0 Å². The van der Waals surface area contributed by atoms with Crippen molar-refractivity contribution in [2.24, 2.45) is 0 Å². The van der Waals surface area contributed by atoms with E-state index in [2.05, 4.69) is 27.6 Å². The summed E-state index contributed by atoms with van der Waals surface area (Å²) in [6.07, 6.45) is 0.927. The molecule has 1 aliphatic rings. The van der Waals surface area contributed by atoms with Crippen LogP contribution in [0.4, 0.5) is 23.8 Å². The van der Waals surface area contributed by atoms with Crippen molar-refractivity contribution in [1.82, 2.24) is 19.8 Å². The monoisotopic (exact) mass is 511 g/mol. The lowest BCUT2D eigenvalue weighted by Crippen LogP contribution is -2.44. The number of aromatic nitrogens is 2. The van der Waals surface area contributed by atoms with E-state index in [-0.39, 0.29) is 52.5 Å². The topological polar surface area (TPSA) is 88.0 Å². The number of alkyl halides is 3. The van der Waals surface area contributed by atoms with E-state index < -0.39 is 11.1 Å². The molecule has 1 saturated heterocycles. The van der Waals surface area contributed by atoms with Gasteiger partial charge in [-0.1, -0.05) is 12.0 Å². The number of carbonyl (C=O) groups excluding carboxylic acids is 2. The Hall–Kier alpha value is -3.07. The van der Waals surface area contributed by atoms with E-state index in [4.69, 9.17) is 4.74 Å². The molecule has 1 aliphatic heterocycles. The largest absolute Gasteiger partial charge is 0.446 e. The highest BCUT2D eigenvalue weighted by Crippen LogP contribution is 2.41. The van der Waals surface area contributed by atoms with Crippen LogP contribution in [0.3, 0.4) is 0 Å². The molecule has 35 heavy (non-hydrogen) atoms. The number of nitrogens with one attached hydrogen (secondary N) is 2. The third kappa shape index (κ3) is 7.71. The minimum atomic E-state index is -4.52. The quantitative estimate of drug-likeness (QED) is 0.472. The smallest absolute Gasteiger partial charge is 0.444 e. The number of hydrogen-bond acceptors (Lipinski definition) is 6. The minimum Gasteiger partial charge on any atom is -0.444 e. The van der Waals surface area contributed by atoms with Crippen LogP contribution in [0.1, 0.15) is 46.2 Å². The first kappa shape index (κ1) is 26.5. The highest BCUT2D eigenvalue weighted by molar-refractivity contribution is 8.00. The van der Waals surface area contributed by atoms with Crippen LogP contribution in [0.15, 0.2) is 23.1 Å². The second-order valence-corrected chi connectivity index (χ2v) is 10.1. The van der Waals surface area contributed by atoms with Gasteiger partial charge in [0, 0.05) is 26.1 Å². The van der Waals surface area contributed by atoms with Crippen molar-refractivity contribution in [2.75, 3.05) is 25.0 Å². The fourth-order valence-electron chi connectivity index (χ4n) is 3.49. The molecule has 0 aliphatic carbocycles. The minimum absolute atomic E-state index is 0.000654. The Morgan fingerprint density at radius 2 is 1.91 bits per heavy atom. The highest BCUT2D eigenvalue weighted by atomic mass is 32.2. The second kappa shape index (κ2) is 10.7. The van der Waals surface area contributed by atoms with E-state index in [9.17, 15) is 22.8 Å². The summed E-state index contributed by atoms with van der Waals surface area (Å²) in [5, 5.41) is 10.1. The molecule has 0 saturated carbocycles. The Morgan fingerprint density at radius 1 is 1.23 bits per heavy atom. The fourth-order valence-corrected chi connectivity index (χ4v) is 4.17. The van der Waals surface area contributed by atoms with Crippen LogP contribution in [0.25, 0.3) is 5.52 Å². The molecular weight excluding hydrogens is 483 g/mol. The number of amides is 2. The Morgan fingerprint density at radius 3 is 2.51 bits per heavy atom. The second-order valence-electron chi connectivity index (χ2n) is 9.03. The summed E-state index contributed by atoms with van der Waals surface area (Å²) in [6.45, 7) is 7.76. The zero-order valence-corrected chi connectivity index (χ0v) is 20.8. The number of anilines is 1. The molecule has 0 unspecified atom stereocenters. The predicted molar refractivity (Wildman–Crippen MR) is 127 cm³/mol. The summed E-state index contributed by atoms with van der Waals surface area (Å²) in [5.41, 5.74) is -4.84. The van der Waals surface area contributed by atoms with Gasteiger partial charge >= 0.3 is 11.6 Å². The van der Waals surface area contributed by atoms with Crippen LogP contribution in [0.2, 0.25) is 0 Å². The molecule has 2 N–H and O–H groups in total. The van der Waals surface area contributed by atoms with Crippen molar-refractivity contribution in [3.05, 3.63) is 23.9 Å². The number of thioether (sulfide) groups is 1. The summed E-state index contributed by atoms with van der Waals surface area (Å²) in [5.74, 6) is 5.53. The van der Waals surface area contributed by atoms with E-state index in [0.29, 0.717) is 31.7 Å². The maximum Gasteiger partial charge on any atom is 0.446 e. The summed E-state index contributed by atoms with van der Waals surface area (Å²) >= 11 is -0.268. The highest BCUT2D eigenvalue weighted by Gasteiger charge is 2.33. The number of hydrogen-bond donors (Lipinski definition) is 2. The lowest BCUT2D eigenvalue weighted by atomic mass is 10.1. The van der Waals surface area contributed by atoms with Crippen molar-refractivity contribution in [3.63, 3.8) is 0 Å². The number of nitrogens with zero attached hydrogens (tertiary/aromatic N) is 3. The van der Waals surface area contributed by atoms with Crippen LogP contribution < -0.4 is 10.6 Å². The lowest BCUT2D eigenvalue weighted by Gasteiger charge is -2.34. The number of carbonyl (C=O) groups is 2. The molecule has 190 valence electrons. The molecule has 0 spiro atoms. The molecule has 2 amide bonds. The van der Waals surface area contributed by atoms with Crippen molar-refractivity contribution >= 4 is 35.1 Å². The Labute approximate surface area is 205 Å². The summed E-state index contributed by atoms with van der Waals surface area (Å²) < 4.78 is 46.6. The maximum atomic E-state index is 13.3. The van der Waals surface area contributed by atoms with Crippen molar-refractivity contribution in [1.29, 1.82) is 0 Å². The summed E-state index contributed by atoms with van der Waals surface area (Å²) in [4.78, 5) is 24.9. The van der Waals surface area contributed by atoms with Gasteiger partial charge in [0.25, 0.3) is 0 Å². The van der Waals surface area contributed by atoms with E-state index in [1.165, 1.54) is 11.4 Å². The average molecular weight is 512 g/mol. The van der Waals surface area contributed by atoms with Crippen LogP contribution in [0, 0.1) is 11.8 Å². The number of likely N-dealkylation sites (tertiary alicyclic amines) is 1. The number of rotatable bonds is 4. The molecular formula is C23H28F3N5O3S. The summed E-state index contributed by atoms with van der Waals surface area (Å²) in [6, 6.07) is 4.94. The molecule has 12 heteroatoms. The zero-order chi connectivity index (χ0) is 25.8. The molecule has 2 aromatic rings. The van der Waals surface area contributed by atoms with Gasteiger partial charge in [-0.05, 0) is 63.4 Å². The van der Waals surface area contributed by atoms with Crippen LogP contribution in [0.5, 0.6) is 0 Å². The molecule has 0 bridgehead atoms.